The Morgan fingerprint density at radius 2 is 2.00 bits per heavy atom. The number of para-hydroxylation sites is 1. The zero-order chi connectivity index (χ0) is 14.1. The maximum Gasteiger partial charge on any atom is 0.137 e. The van der Waals surface area contributed by atoms with Crippen LogP contribution in [0.4, 0.5) is 0 Å². The molecule has 0 amide bonds. The van der Waals surface area contributed by atoms with Crippen molar-refractivity contribution in [2.45, 2.75) is 6.04 Å². The summed E-state index contributed by atoms with van der Waals surface area (Å²) < 4.78 is 10.8. The molecule has 1 heterocycles. The Morgan fingerprint density at radius 3 is 2.80 bits per heavy atom. The first kappa shape index (κ1) is 13.0. The Balaban J connectivity index is 2.06. The quantitative estimate of drug-likeness (QED) is 0.787. The molecule has 0 saturated heterocycles. The van der Waals surface area contributed by atoms with Gasteiger partial charge in [0.1, 0.15) is 11.3 Å². The molecule has 1 atom stereocenters. The Morgan fingerprint density at radius 1 is 1.20 bits per heavy atom. The maximum atomic E-state index is 6.34. The lowest BCUT2D eigenvalue weighted by atomic mass is 9.99. The van der Waals surface area contributed by atoms with E-state index in [1.807, 2.05) is 36.4 Å². The molecule has 3 nitrogen and oxygen atoms in total. The molecule has 1 aromatic heterocycles. The molecule has 3 rings (SSSR count). The van der Waals surface area contributed by atoms with Gasteiger partial charge in [-0.15, -0.1) is 0 Å². The van der Waals surface area contributed by atoms with Crippen LogP contribution >= 0.6 is 11.6 Å². The number of nitrogens with two attached hydrogens (primary N) is 1. The molecular weight excluding hydrogens is 274 g/mol. The van der Waals surface area contributed by atoms with Gasteiger partial charge in [-0.3, -0.25) is 0 Å². The van der Waals surface area contributed by atoms with E-state index in [1.54, 1.807) is 19.4 Å². The zero-order valence-electron chi connectivity index (χ0n) is 11.0. The fourth-order valence-corrected chi connectivity index (χ4v) is 2.48. The Bertz CT molecular complexity index is 751. The van der Waals surface area contributed by atoms with E-state index in [4.69, 9.17) is 26.5 Å². The molecule has 4 heteroatoms. The minimum Gasteiger partial charge on any atom is -0.495 e. The van der Waals surface area contributed by atoms with Gasteiger partial charge in [0.05, 0.1) is 24.4 Å². The standard InChI is InChI=1S/C16H14ClNO2/c1-19-15-8-10(6-7-13(15)17)16(18)12-9-20-14-5-3-2-4-11(12)14/h2-9,16H,18H2,1H3. The van der Waals surface area contributed by atoms with Gasteiger partial charge in [-0.05, 0) is 23.8 Å². The number of fused-ring (bicyclic) bond motifs is 1. The summed E-state index contributed by atoms with van der Waals surface area (Å²) in [6.45, 7) is 0. The number of hydrogen-bond acceptors (Lipinski definition) is 3. The van der Waals surface area contributed by atoms with Crippen molar-refractivity contribution < 1.29 is 9.15 Å². The third kappa shape index (κ3) is 2.15. The van der Waals surface area contributed by atoms with Gasteiger partial charge in [-0.2, -0.15) is 0 Å². The van der Waals surface area contributed by atoms with Gasteiger partial charge in [0.15, 0.2) is 0 Å². The largest absolute Gasteiger partial charge is 0.495 e. The molecule has 1 unspecified atom stereocenters. The van der Waals surface area contributed by atoms with E-state index < -0.39 is 0 Å². The Labute approximate surface area is 121 Å². The van der Waals surface area contributed by atoms with Crippen LogP contribution in [0, 0.1) is 0 Å². The van der Waals surface area contributed by atoms with Crippen molar-refractivity contribution in [1.29, 1.82) is 0 Å². The summed E-state index contributed by atoms with van der Waals surface area (Å²) >= 11 is 6.04. The summed E-state index contributed by atoms with van der Waals surface area (Å²) in [6, 6.07) is 13.1. The predicted octanol–water partition coefficient (Wildman–Crippen LogP) is 4.14. The van der Waals surface area contributed by atoms with Gasteiger partial charge in [0.2, 0.25) is 0 Å². The van der Waals surface area contributed by atoms with Crippen LogP contribution < -0.4 is 10.5 Å². The molecule has 20 heavy (non-hydrogen) atoms. The lowest BCUT2D eigenvalue weighted by Gasteiger charge is -2.13. The van der Waals surface area contributed by atoms with E-state index in [2.05, 4.69) is 0 Å². The molecule has 102 valence electrons. The highest BCUT2D eigenvalue weighted by molar-refractivity contribution is 6.32. The maximum absolute atomic E-state index is 6.34. The van der Waals surface area contributed by atoms with Gasteiger partial charge >= 0.3 is 0 Å². The monoisotopic (exact) mass is 287 g/mol. The van der Waals surface area contributed by atoms with E-state index in [-0.39, 0.29) is 6.04 Å². The molecule has 2 aromatic carbocycles. The molecule has 0 spiro atoms. The van der Waals surface area contributed by atoms with Crippen molar-refractivity contribution in [2.75, 3.05) is 7.11 Å². The first-order valence-corrected chi connectivity index (χ1v) is 6.63. The summed E-state index contributed by atoms with van der Waals surface area (Å²) in [7, 11) is 1.59. The molecule has 0 aliphatic rings. The highest BCUT2D eigenvalue weighted by Gasteiger charge is 2.16. The van der Waals surface area contributed by atoms with E-state index in [0.29, 0.717) is 10.8 Å². The summed E-state index contributed by atoms with van der Waals surface area (Å²) in [5.74, 6) is 0.618. The van der Waals surface area contributed by atoms with Crippen LogP contribution in [0.15, 0.2) is 53.1 Å². The average Bonchev–Trinajstić information content (AvgIpc) is 2.91. The summed E-state index contributed by atoms with van der Waals surface area (Å²) in [5, 5.41) is 1.59. The van der Waals surface area contributed by atoms with Crippen LogP contribution in [0.5, 0.6) is 5.75 Å². The topological polar surface area (TPSA) is 48.4 Å². The third-order valence-electron chi connectivity index (χ3n) is 3.38. The molecule has 0 bridgehead atoms. The molecule has 0 saturated carbocycles. The number of ether oxygens (including phenoxy) is 1. The summed E-state index contributed by atoms with van der Waals surface area (Å²) in [4.78, 5) is 0. The van der Waals surface area contributed by atoms with Crippen LogP contribution in [0.3, 0.4) is 0 Å². The number of halogens is 1. The molecule has 2 N–H and O–H groups in total. The van der Waals surface area contributed by atoms with Crippen molar-refractivity contribution >= 4 is 22.6 Å². The van der Waals surface area contributed by atoms with Crippen molar-refractivity contribution in [3.63, 3.8) is 0 Å². The molecule has 0 radical (unpaired) electrons. The lowest BCUT2D eigenvalue weighted by molar-refractivity contribution is 0.414. The van der Waals surface area contributed by atoms with Gasteiger partial charge in [0, 0.05) is 10.9 Å². The van der Waals surface area contributed by atoms with Gasteiger partial charge in [-0.25, -0.2) is 0 Å². The van der Waals surface area contributed by atoms with Gasteiger partial charge in [-0.1, -0.05) is 35.9 Å². The van der Waals surface area contributed by atoms with Crippen molar-refractivity contribution in [3.05, 3.63) is 64.9 Å². The number of benzene rings is 2. The van der Waals surface area contributed by atoms with E-state index >= 15 is 0 Å². The van der Waals surface area contributed by atoms with Crippen LogP contribution in [0.2, 0.25) is 5.02 Å². The fourth-order valence-electron chi connectivity index (χ4n) is 2.29. The van der Waals surface area contributed by atoms with Crippen molar-refractivity contribution in [2.24, 2.45) is 5.73 Å². The number of rotatable bonds is 3. The molecule has 0 aliphatic carbocycles. The second-order valence-corrected chi connectivity index (χ2v) is 4.97. The highest BCUT2D eigenvalue weighted by atomic mass is 35.5. The van der Waals surface area contributed by atoms with E-state index in [0.717, 1.165) is 22.1 Å². The summed E-state index contributed by atoms with van der Waals surface area (Å²) in [5.41, 5.74) is 9.05. The molecular formula is C16H14ClNO2. The second-order valence-electron chi connectivity index (χ2n) is 4.56. The van der Waals surface area contributed by atoms with Gasteiger partial charge < -0.3 is 14.9 Å². The zero-order valence-corrected chi connectivity index (χ0v) is 11.7. The average molecular weight is 288 g/mol. The first-order chi connectivity index (χ1) is 9.70. The van der Waals surface area contributed by atoms with Crippen molar-refractivity contribution in [3.8, 4) is 5.75 Å². The fraction of sp³-hybridized carbons (Fsp3) is 0.125. The van der Waals surface area contributed by atoms with Gasteiger partial charge in [0.25, 0.3) is 0 Å². The Kier molecular flexibility index (Phi) is 3.38. The third-order valence-corrected chi connectivity index (χ3v) is 3.69. The Hall–Kier alpha value is -1.97. The number of methoxy groups -OCH3 is 1. The highest BCUT2D eigenvalue weighted by Crippen LogP contribution is 2.32. The second kappa shape index (κ2) is 5.19. The number of hydrogen-bond donors (Lipinski definition) is 1. The predicted molar refractivity (Wildman–Crippen MR) is 80.2 cm³/mol. The minimum atomic E-state index is -0.287. The van der Waals surface area contributed by atoms with Crippen molar-refractivity contribution in [1.82, 2.24) is 0 Å². The molecule has 0 aliphatic heterocycles. The smallest absolute Gasteiger partial charge is 0.137 e. The minimum absolute atomic E-state index is 0.287. The number of furan rings is 1. The van der Waals surface area contributed by atoms with E-state index in [1.165, 1.54) is 0 Å². The van der Waals surface area contributed by atoms with Crippen LogP contribution in [0.1, 0.15) is 17.2 Å². The first-order valence-electron chi connectivity index (χ1n) is 6.26. The van der Waals surface area contributed by atoms with Crippen LogP contribution in [0.25, 0.3) is 11.0 Å². The van der Waals surface area contributed by atoms with E-state index in [9.17, 15) is 0 Å². The SMILES string of the molecule is COc1cc(C(N)c2coc3ccccc23)ccc1Cl. The lowest BCUT2D eigenvalue weighted by Crippen LogP contribution is -2.11. The molecule has 3 aromatic rings. The normalized spacial score (nSPS) is 12.6. The molecule has 0 fully saturated rings. The van der Waals surface area contributed by atoms with Crippen LogP contribution in [-0.4, -0.2) is 7.11 Å². The van der Waals surface area contributed by atoms with Crippen LogP contribution in [-0.2, 0) is 0 Å². The summed E-state index contributed by atoms with van der Waals surface area (Å²) in [6.07, 6.45) is 1.70.